The van der Waals surface area contributed by atoms with Crippen molar-refractivity contribution >= 4 is 17.3 Å². The molecule has 2 aromatic carbocycles. The fourth-order valence-corrected chi connectivity index (χ4v) is 4.31. The van der Waals surface area contributed by atoms with Gasteiger partial charge in [0.25, 0.3) is 0 Å². The standard InChI is InChI=1S/C25H33N3O2/c1-19-3-7-22(8-4-19)28-17-11-20(12-18-28)25(29)26-21-5-9-23(10-6-21)30-24-13-15-27(2)16-14-24/h3-10,20,24H,11-18H2,1-2H3,(H,26,29). The summed E-state index contributed by atoms with van der Waals surface area (Å²) in [5, 5.41) is 3.09. The van der Waals surface area contributed by atoms with E-state index in [1.807, 2.05) is 24.3 Å². The van der Waals surface area contributed by atoms with Crippen molar-refractivity contribution in [3.63, 3.8) is 0 Å². The number of ether oxygens (including phenoxy) is 1. The van der Waals surface area contributed by atoms with Crippen molar-refractivity contribution in [1.29, 1.82) is 0 Å². The average molecular weight is 408 g/mol. The van der Waals surface area contributed by atoms with Crippen molar-refractivity contribution in [3.8, 4) is 5.75 Å². The molecule has 160 valence electrons. The maximum absolute atomic E-state index is 12.7. The lowest BCUT2D eigenvalue weighted by Gasteiger charge is -2.33. The van der Waals surface area contributed by atoms with Crippen molar-refractivity contribution in [2.24, 2.45) is 5.92 Å². The lowest BCUT2D eigenvalue weighted by molar-refractivity contribution is -0.120. The zero-order valence-corrected chi connectivity index (χ0v) is 18.1. The number of nitrogens with zero attached hydrogens (tertiary/aromatic N) is 2. The molecule has 1 amide bonds. The first-order valence-corrected chi connectivity index (χ1v) is 11.1. The second kappa shape index (κ2) is 9.52. The van der Waals surface area contributed by atoms with E-state index < -0.39 is 0 Å². The van der Waals surface area contributed by atoms with Gasteiger partial charge in [0.05, 0.1) is 0 Å². The molecule has 2 aliphatic heterocycles. The van der Waals surface area contributed by atoms with Crippen molar-refractivity contribution in [2.75, 3.05) is 43.4 Å². The van der Waals surface area contributed by atoms with Gasteiger partial charge in [-0.2, -0.15) is 0 Å². The van der Waals surface area contributed by atoms with Crippen LogP contribution < -0.4 is 15.0 Å². The van der Waals surface area contributed by atoms with E-state index in [9.17, 15) is 4.79 Å². The number of piperidine rings is 2. The molecule has 2 aromatic rings. The summed E-state index contributed by atoms with van der Waals surface area (Å²) in [6.07, 6.45) is 4.20. The molecular formula is C25H33N3O2. The fourth-order valence-electron chi connectivity index (χ4n) is 4.31. The normalized spacial score (nSPS) is 18.9. The Hall–Kier alpha value is -2.53. The van der Waals surface area contributed by atoms with E-state index in [0.29, 0.717) is 6.10 Å². The van der Waals surface area contributed by atoms with Crippen LogP contribution >= 0.6 is 0 Å². The second-order valence-corrected chi connectivity index (χ2v) is 8.73. The van der Waals surface area contributed by atoms with Gasteiger partial charge in [0.2, 0.25) is 5.91 Å². The number of benzene rings is 2. The van der Waals surface area contributed by atoms with Crippen LogP contribution in [0.1, 0.15) is 31.2 Å². The van der Waals surface area contributed by atoms with Crippen LogP contribution in [0.3, 0.4) is 0 Å². The smallest absolute Gasteiger partial charge is 0.227 e. The number of carbonyl (C=O) groups is 1. The molecule has 5 heteroatoms. The molecule has 30 heavy (non-hydrogen) atoms. The number of aryl methyl sites for hydroxylation is 1. The highest BCUT2D eigenvalue weighted by Gasteiger charge is 2.25. The molecule has 0 radical (unpaired) electrons. The van der Waals surface area contributed by atoms with Gasteiger partial charge in [0.1, 0.15) is 11.9 Å². The first kappa shape index (κ1) is 20.7. The molecule has 0 aliphatic carbocycles. The lowest BCUT2D eigenvalue weighted by atomic mass is 9.95. The quantitative estimate of drug-likeness (QED) is 0.802. The van der Waals surface area contributed by atoms with Crippen molar-refractivity contribution in [3.05, 3.63) is 54.1 Å². The molecule has 4 rings (SSSR count). The number of likely N-dealkylation sites (tertiary alicyclic amines) is 1. The van der Waals surface area contributed by atoms with Crippen molar-refractivity contribution in [2.45, 2.75) is 38.7 Å². The van der Waals surface area contributed by atoms with Crippen LogP contribution in [0.4, 0.5) is 11.4 Å². The van der Waals surface area contributed by atoms with Gasteiger partial charge in [-0.1, -0.05) is 17.7 Å². The van der Waals surface area contributed by atoms with Crippen LogP contribution in [-0.4, -0.2) is 50.1 Å². The highest BCUT2D eigenvalue weighted by Crippen LogP contribution is 2.26. The topological polar surface area (TPSA) is 44.8 Å². The molecule has 0 saturated carbocycles. The van der Waals surface area contributed by atoms with Gasteiger partial charge in [0.15, 0.2) is 0 Å². The SMILES string of the molecule is Cc1ccc(N2CCC(C(=O)Nc3ccc(OC4CCN(C)CC4)cc3)CC2)cc1. The predicted molar refractivity (Wildman–Crippen MR) is 122 cm³/mol. The van der Waals surface area contributed by atoms with Crippen molar-refractivity contribution in [1.82, 2.24) is 4.90 Å². The summed E-state index contributed by atoms with van der Waals surface area (Å²) < 4.78 is 6.10. The summed E-state index contributed by atoms with van der Waals surface area (Å²) >= 11 is 0. The second-order valence-electron chi connectivity index (χ2n) is 8.73. The van der Waals surface area contributed by atoms with Gasteiger partial charge >= 0.3 is 0 Å². The minimum absolute atomic E-state index is 0.0712. The Kier molecular flexibility index (Phi) is 6.58. The Bertz CT molecular complexity index is 818. The van der Waals surface area contributed by atoms with E-state index in [0.717, 1.165) is 63.3 Å². The summed E-state index contributed by atoms with van der Waals surface area (Å²) in [7, 11) is 2.15. The zero-order chi connectivity index (χ0) is 20.9. The lowest BCUT2D eigenvalue weighted by Crippen LogP contribution is -2.38. The molecule has 5 nitrogen and oxygen atoms in total. The molecule has 2 fully saturated rings. The van der Waals surface area contributed by atoms with Crippen LogP contribution in [0.25, 0.3) is 0 Å². The first-order chi connectivity index (χ1) is 14.6. The minimum Gasteiger partial charge on any atom is -0.490 e. The Morgan fingerprint density at radius 2 is 1.53 bits per heavy atom. The van der Waals surface area contributed by atoms with E-state index >= 15 is 0 Å². The molecule has 2 aliphatic rings. The molecule has 2 saturated heterocycles. The van der Waals surface area contributed by atoms with E-state index in [1.165, 1.54) is 11.3 Å². The van der Waals surface area contributed by atoms with Crippen molar-refractivity contribution < 1.29 is 9.53 Å². The number of hydrogen-bond donors (Lipinski definition) is 1. The molecule has 0 aromatic heterocycles. The zero-order valence-electron chi connectivity index (χ0n) is 18.1. The van der Waals surface area contributed by atoms with Crippen LogP contribution in [0.5, 0.6) is 5.75 Å². The summed E-state index contributed by atoms with van der Waals surface area (Å²) in [4.78, 5) is 17.4. The van der Waals surface area contributed by atoms with E-state index in [4.69, 9.17) is 4.74 Å². The Morgan fingerprint density at radius 3 is 2.17 bits per heavy atom. The summed E-state index contributed by atoms with van der Waals surface area (Å²) in [6, 6.07) is 16.5. The Morgan fingerprint density at radius 1 is 0.900 bits per heavy atom. The molecule has 0 atom stereocenters. The maximum atomic E-state index is 12.7. The van der Waals surface area contributed by atoms with E-state index in [2.05, 4.69) is 53.4 Å². The Balaban J connectivity index is 1.24. The number of amides is 1. The highest BCUT2D eigenvalue weighted by molar-refractivity contribution is 5.92. The van der Waals surface area contributed by atoms with E-state index in [-0.39, 0.29) is 11.8 Å². The average Bonchev–Trinajstić information content (AvgIpc) is 2.77. The summed E-state index contributed by atoms with van der Waals surface area (Å²) in [6.45, 7) is 6.12. The number of rotatable bonds is 5. The minimum atomic E-state index is 0.0712. The number of carbonyl (C=O) groups excluding carboxylic acids is 1. The third kappa shape index (κ3) is 5.33. The predicted octanol–water partition coefficient (Wildman–Crippen LogP) is 4.32. The largest absolute Gasteiger partial charge is 0.490 e. The molecule has 0 spiro atoms. The van der Waals surface area contributed by atoms with Gasteiger partial charge in [-0.05, 0) is 76.1 Å². The van der Waals surface area contributed by atoms with E-state index in [1.54, 1.807) is 0 Å². The maximum Gasteiger partial charge on any atom is 0.227 e. The number of nitrogens with one attached hydrogen (secondary N) is 1. The molecule has 0 bridgehead atoms. The van der Waals surface area contributed by atoms with Crippen LogP contribution in [0.15, 0.2) is 48.5 Å². The van der Waals surface area contributed by atoms with Gasteiger partial charge in [-0.25, -0.2) is 0 Å². The number of hydrogen-bond acceptors (Lipinski definition) is 4. The highest BCUT2D eigenvalue weighted by atomic mass is 16.5. The molecule has 1 N–H and O–H groups in total. The first-order valence-electron chi connectivity index (χ1n) is 11.1. The molecule has 0 unspecified atom stereocenters. The molecule has 2 heterocycles. The van der Waals surface area contributed by atoms with Gasteiger partial charge < -0.3 is 19.9 Å². The third-order valence-corrected chi connectivity index (χ3v) is 6.36. The monoisotopic (exact) mass is 407 g/mol. The summed E-state index contributed by atoms with van der Waals surface area (Å²) in [5.41, 5.74) is 3.37. The van der Waals surface area contributed by atoms with Gasteiger partial charge in [0, 0.05) is 43.5 Å². The summed E-state index contributed by atoms with van der Waals surface area (Å²) in [5.74, 6) is 1.08. The Labute approximate surface area is 180 Å². The van der Waals surface area contributed by atoms with Crippen LogP contribution in [0.2, 0.25) is 0 Å². The number of anilines is 2. The van der Waals surface area contributed by atoms with Gasteiger partial charge in [-0.15, -0.1) is 0 Å². The third-order valence-electron chi connectivity index (χ3n) is 6.36. The van der Waals surface area contributed by atoms with Crippen LogP contribution in [-0.2, 0) is 4.79 Å². The molecular weight excluding hydrogens is 374 g/mol. The van der Waals surface area contributed by atoms with Gasteiger partial charge in [-0.3, -0.25) is 4.79 Å². The van der Waals surface area contributed by atoms with Crippen LogP contribution in [0, 0.1) is 12.8 Å². The fraction of sp³-hybridized carbons (Fsp3) is 0.480.